The van der Waals surface area contributed by atoms with Gasteiger partial charge in [-0.15, -0.1) is 0 Å². The van der Waals surface area contributed by atoms with Crippen molar-refractivity contribution in [2.45, 2.75) is 0 Å². The number of aromatic carboxylic acids is 1. The van der Waals surface area contributed by atoms with E-state index in [0.29, 0.717) is 26.4 Å². The number of hydrogen-bond acceptors (Lipinski definition) is 2. The number of fused-ring (bicyclic) bond motifs is 1. The third kappa shape index (κ3) is 2.30. The molecule has 0 aliphatic rings. The summed E-state index contributed by atoms with van der Waals surface area (Å²) in [6, 6.07) is 10.5. The van der Waals surface area contributed by atoms with Gasteiger partial charge in [0.15, 0.2) is 0 Å². The SMILES string of the molecule is O=C(O)c1cc(Br)cc2[nH]c(-c3ccc(Cl)cc3)nc12. The van der Waals surface area contributed by atoms with Gasteiger partial charge >= 0.3 is 5.97 Å². The van der Waals surface area contributed by atoms with Gasteiger partial charge in [-0.3, -0.25) is 0 Å². The molecule has 0 amide bonds. The van der Waals surface area contributed by atoms with E-state index in [1.165, 1.54) is 6.07 Å². The molecule has 1 aromatic heterocycles. The van der Waals surface area contributed by atoms with E-state index in [2.05, 4.69) is 25.9 Å². The van der Waals surface area contributed by atoms with E-state index in [-0.39, 0.29) is 5.56 Å². The predicted molar refractivity (Wildman–Crippen MR) is 81.2 cm³/mol. The molecule has 100 valence electrons. The topological polar surface area (TPSA) is 66.0 Å². The van der Waals surface area contributed by atoms with Crippen LogP contribution in [0.1, 0.15) is 10.4 Å². The van der Waals surface area contributed by atoms with E-state index in [9.17, 15) is 9.90 Å². The molecule has 0 bridgehead atoms. The molecule has 0 spiro atoms. The molecule has 20 heavy (non-hydrogen) atoms. The first-order chi connectivity index (χ1) is 9.54. The van der Waals surface area contributed by atoms with Crippen LogP contribution >= 0.6 is 27.5 Å². The Bertz CT molecular complexity index is 812. The van der Waals surface area contributed by atoms with Crippen LogP contribution in [0.2, 0.25) is 5.02 Å². The van der Waals surface area contributed by atoms with Crippen LogP contribution in [0.5, 0.6) is 0 Å². The fraction of sp³-hybridized carbons (Fsp3) is 0. The average Bonchev–Trinajstić information content (AvgIpc) is 2.81. The minimum absolute atomic E-state index is 0.158. The molecule has 6 heteroatoms. The molecular weight excluding hydrogens is 344 g/mol. The molecule has 0 aliphatic carbocycles. The molecular formula is C14H8BrClN2O2. The standard InChI is InChI=1S/C14H8BrClN2O2/c15-8-5-10(14(19)20)12-11(6-8)17-13(18-12)7-1-3-9(16)4-2-7/h1-6H,(H,17,18)(H,19,20). The summed E-state index contributed by atoms with van der Waals surface area (Å²) >= 11 is 9.15. The third-order valence-corrected chi connectivity index (χ3v) is 3.61. The van der Waals surface area contributed by atoms with Gasteiger partial charge in [-0.2, -0.15) is 0 Å². The van der Waals surface area contributed by atoms with Crippen LogP contribution in [0.15, 0.2) is 40.9 Å². The summed E-state index contributed by atoms with van der Waals surface area (Å²) < 4.78 is 0.689. The van der Waals surface area contributed by atoms with Gasteiger partial charge in [-0.25, -0.2) is 9.78 Å². The molecule has 0 radical (unpaired) electrons. The lowest BCUT2D eigenvalue weighted by atomic mass is 10.2. The van der Waals surface area contributed by atoms with Crippen LogP contribution in [-0.2, 0) is 0 Å². The second-order valence-electron chi connectivity index (χ2n) is 4.25. The first-order valence-corrected chi connectivity index (χ1v) is 6.90. The Hall–Kier alpha value is -1.85. The van der Waals surface area contributed by atoms with Crippen molar-refractivity contribution < 1.29 is 9.90 Å². The van der Waals surface area contributed by atoms with Crippen LogP contribution in [0, 0.1) is 0 Å². The molecule has 0 fully saturated rings. The molecule has 0 aliphatic heterocycles. The fourth-order valence-corrected chi connectivity index (χ4v) is 2.57. The number of carbonyl (C=O) groups is 1. The van der Waals surface area contributed by atoms with E-state index in [4.69, 9.17) is 11.6 Å². The maximum atomic E-state index is 11.3. The summed E-state index contributed by atoms with van der Waals surface area (Å²) in [5.74, 6) is -0.400. The average molecular weight is 352 g/mol. The lowest BCUT2D eigenvalue weighted by molar-refractivity contribution is 0.0699. The third-order valence-electron chi connectivity index (χ3n) is 2.90. The number of benzene rings is 2. The summed E-state index contributed by atoms with van der Waals surface area (Å²) in [5.41, 5.74) is 2.11. The number of rotatable bonds is 2. The van der Waals surface area contributed by atoms with Crippen LogP contribution in [0.4, 0.5) is 0 Å². The van der Waals surface area contributed by atoms with Crippen LogP contribution in [0.3, 0.4) is 0 Å². The molecule has 3 rings (SSSR count). The van der Waals surface area contributed by atoms with Crippen LogP contribution in [-0.4, -0.2) is 21.0 Å². The van der Waals surface area contributed by atoms with E-state index < -0.39 is 5.97 Å². The van der Waals surface area contributed by atoms with E-state index in [1.807, 2.05) is 12.1 Å². The number of aromatic nitrogens is 2. The highest BCUT2D eigenvalue weighted by Crippen LogP contribution is 2.27. The zero-order valence-electron chi connectivity index (χ0n) is 10.0. The summed E-state index contributed by atoms with van der Waals surface area (Å²) in [5, 5.41) is 9.87. The van der Waals surface area contributed by atoms with Gasteiger partial charge in [0.25, 0.3) is 0 Å². The van der Waals surface area contributed by atoms with Crippen molar-refractivity contribution in [2.75, 3.05) is 0 Å². The van der Waals surface area contributed by atoms with Crippen LogP contribution < -0.4 is 0 Å². The highest BCUT2D eigenvalue weighted by Gasteiger charge is 2.14. The predicted octanol–water partition coefficient (Wildman–Crippen LogP) is 4.34. The molecule has 3 aromatic rings. The number of nitrogens with one attached hydrogen (secondary N) is 1. The van der Waals surface area contributed by atoms with Crippen molar-refractivity contribution in [1.82, 2.24) is 9.97 Å². The largest absolute Gasteiger partial charge is 0.478 e. The van der Waals surface area contributed by atoms with Gasteiger partial charge in [0.1, 0.15) is 11.3 Å². The van der Waals surface area contributed by atoms with Gasteiger partial charge in [0.05, 0.1) is 11.1 Å². The van der Waals surface area contributed by atoms with E-state index in [1.54, 1.807) is 18.2 Å². The Morgan fingerprint density at radius 3 is 2.60 bits per heavy atom. The van der Waals surface area contributed by atoms with Crippen molar-refractivity contribution in [3.63, 3.8) is 0 Å². The van der Waals surface area contributed by atoms with Gasteiger partial charge in [-0.05, 0) is 36.4 Å². The van der Waals surface area contributed by atoms with Crippen molar-refractivity contribution in [1.29, 1.82) is 0 Å². The van der Waals surface area contributed by atoms with Gasteiger partial charge in [0, 0.05) is 15.1 Å². The molecule has 2 aromatic carbocycles. The summed E-state index contributed by atoms with van der Waals surface area (Å²) in [6.45, 7) is 0. The number of carboxylic acids is 1. The normalized spacial score (nSPS) is 10.9. The summed E-state index contributed by atoms with van der Waals surface area (Å²) in [7, 11) is 0. The van der Waals surface area contributed by atoms with Gasteiger partial charge in [-0.1, -0.05) is 27.5 Å². The van der Waals surface area contributed by atoms with Gasteiger partial charge < -0.3 is 10.1 Å². The first-order valence-electron chi connectivity index (χ1n) is 5.73. The van der Waals surface area contributed by atoms with E-state index >= 15 is 0 Å². The Balaban J connectivity index is 2.22. The molecule has 0 unspecified atom stereocenters. The first kappa shape index (κ1) is 13.1. The van der Waals surface area contributed by atoms with Crippen LogP contribution in [0.25, 0.3) is 22.4 Å². The molecule has 1 heterocycles. The Morgan fingerprint density at radius 1 is 1.25 bits per heavy atom. The van der Waals surface area contributed by atoms with Crippen molar-refractivity contribution in [3.8, 4) is 11.4 Å². The fourth-order valence-electron chi connectivity index (χ4n) is 1.99. The Labute approximate surface area is 127 Å². The number of aromatic amines is 1. The highest BCUT2D eigenvalue weighted by molar-refractivity contribution is 9.10. The number of imidazole rings is 1. The summed E-state index contributed by atoms with van der Waals surface area (Å²) in [6.07, 6.45) is 0. The number of carboxylic acid groups (broad SMARTS) is 1. The minimum Gasteiger partial charge on any atom is -0.478 e. The Kier molecular flexibility index (Phi) is 3.23. The molecule has 4 nitrogen and oxygen atoms in total. The van der Waals surface area contributed by atoms with Crippen molar-refractivity contribution >= 4 is 44.5 Å². The quantitative estimate of drug-likeness (QED) is 0.721. The summed E-state index contributed by atoms with van der Waals surface area (Å²) in [4.78, 5) is 18.8. The lowest BCUT2D eigenvalue weighted by Gasteiger charge is -1.96. The van der Waals surface area contributed by atoms with E-state index in [0.717, 1.165) is 5.56 Å². The minimum atomic E-state index is -1.01. The smallest absolute Gasteiger partial charge is 0.338 e. The number of hydrogen-bond donors (Lipinski definition) is 2. The number of halogens is 2. The Morgan fingerprint density at radius 2 is 1.95 bits per heavy atom. The maximum Gasteiger partial charge on any atom is 0.338 e. The second kappa shape index (κ2) is 4.92. The van der Waals surface area contributed by atoms with Crippen molar-refractivity contribution in [2.24, 2.45) is 0 Å². The zero-order chi connectivity index (χ0) is 14.3. The maximum absolute atomic E-state index is 11.3. The zero-order valence-corrected chi connectivity index (χ0v) is 12.4. The second-order valence-corrected chi connectivity index (χ2v) is 5.60. The molecule has 0 saturated heterocycles. The highest BCUT2D eigenvalue weighted by atomic mass is 79.9. The van der Waals surface area contributed by atoms with Crippen molar-refractivity contribution in [3.05, 3.63) is 51.5 Å². The molecule has 0 saturated carbocycles. The lowest BCUT2D eigenvalue weighted by Crippen LogP contribution is -1.97. The number of H-pyrrole nitrogens is 1. The molecule has 0 atom stereocenters. The monoisotopic (exact) mass is 350 g/mol. The molecule has 2 N–H and O–H groups in total. The number of nitrogens with zero attached hydrogens (tertiary/aromatic N) is 1. The van der Waals surface area contributed by atoms with Gasteiger partial charge in [0.2, 0.25) is 0 Å².